The maximum atomic E-state index is 12.0. The minimum Gasteiger partial charge on any atom is -0.469 e. The van der Waals surface area contributed by atoms with Crippen molar-refractivity contribution >= 4 is 35.9 Å². The van der Waals surface area contributed by atoms with E-state index in [0.29, 0.717) is 12.5 Å². The first-order chi connectivity index (χ1) is 13.5. The number of benzene rings is 1. The molecule has 2 aliphatic rings. The largest absolute Gasteiger partial charge is 0.469 e. The Bertz CT molecular complexity index is 695. The van der Waals surface area contributed by atoms with Crippen molar-refractivity contribution in [3.63, 3.8) is 0 Å². The molecule has 0 radical (unpaired) electrons. The molecule has 2 fully saturated rings. The predicted molar refractivity (Wildman–Crippen MR) is 126 cm³/mol. The van der Waals surface area contributed by atoms with Crippen LogP contribution in [0.15, 0.2) is 29.3 Å². The molecule has 2 heterocycles. The van der Waals surface area contributed by atoms with Crippen LogP contribution in [0.1, 0.15) is 37.0 Å². The first kappa shape index (κ1) is 23.9. The van der Waals surface area contributed by atoms with Gasteiger partial charge in [-0.05, 0) is 31.2 Å². The molecule has 0 aromatic heterocycles. The number of carbonyl (C=O) groups excluding carboxylic acids is 1. The van der Waals surface area contributed by atoms with E-state index >= 15 is 0 Å². The van der Waals surface area contributed by atoms with E-state index in [1.165, 1.54) is 18.2 Å². The van der Waals surface area contributed by atoms with Gasteiger partial charge in [0, 0.05) is 39.2 Å². The molecule has 4 atom stereocenters. The zero-order valence-corrected chi connectivity index (χ0v) is 20.2. The molecule has 1 N–H and O–H groups in total. The summed E-state index contributed by atoms with van der Waals surface area (Å²) in [6.07, 6.45) is 2.32. The second-order valence-electron chi connectivity index (χ2n) is 8.04. The second-order valence-corrected chi connectivity index (χ2v) is 8.04. The number of nitrogens with zero attached hydrogens (tertiary/aromatic N) is 2. The van der Waals surface area contributed by atoms with Crippen LogP contribution < -0.4 is 5.32 Å². The van der Waals surface area contributed by atoms with Crippen molar-refractivity contribution in [1.82, 2.24) is 10.2 Å². The zero-order valence-electron chi connectivity index (χ0n) is 17.9. The summed E-state index contributed by atoms with van der Waals surface area (Å²) in [5, 5.41) is 3.53. The van der Waals surface area contributed by atoms with Gasteiger partial charge in [-0.1, -0.05) is 36.8 Å². The number of methoxy groups -OCH3 is 1. The number of hydrogen-bond acceptors (Lipinski definition) is 4. The lowest BCUT2D eigenvalue weighted by Crippen LogP contribution is -2.44. The van der Waals surface area contributed by atoms with Crippen LogP contribution in [-0.4, -0.2) is 57.2 Å². The van der Waals surface area contributed by atoms with Gasteiger partial charge >= 0.3 is 5.97 Å². The summed E-state index contributed by atoms with van der Waals surface area (Å²) < 4.78 is 11.1. The number of guanidine groups is 1. The maximum absolute atomic E-state index is 12.0. The van der Waals surface area contributed by atoms with Gasteiger partial charge in [0.15, 0.2) is 5.96 Å². The molecule has 29 heavy (non-hydrogen) atoms. The van der Waals surface area contributed by atoms with Crippen molar-refractivity contribution < 1.29 is 14.3 Å². The fourth-order valence-electron chi connectivity index (χ4n) is 4.33. The standard InChI is InChI=1S/C22H33N3O3.HI/c1-15-7-9-17(10-8-15)20-18(6-5-11-28-20)12-24-22(23-3)25-13-16(2)19(14-25)21(26)27-4;/h7-10,16,18-20H,5-6,11-14H2,1-4H3,(H,23,24);1H. The maximum Gasteiger partial charge on any atom is 0.310 e. The van der Waals surface area contributed by atoms with Gasteiger partial charge in [-0.2, -0.15) is 0 Å². The monoisotopic (exact) mass is 515 g/mol. The fraction of sp³-hybridized carbons (Fsp3) is 0.636. The van der Waals surface area contributed by atoms with E-state index in [9.17, 15) is 4.79 Å². The number of aryl methyl sites for hydroxylation is 1. The normalized spacial score (nSPS) is 27.3. The Labute approximate surface area is 191 Å². The van der Waals surface area contributed by atoms with Gasteiger partial charge in [-0.3, -0.25) is 9.79 Å². The molecule has 162 valence electrons. The number of nitrogens with one attached hydrogen (secondary N) is 1. The lowest BCUT2D eigenvalue weighted by atomic mass is 9.89. The van der Waals surface area contributed by atoms with Crippen LogP contribution in [0.5, 0.6) is 0 Å². The third kappa shape index (κ3) is 5.84. The average Bonchev–Trinajstić information content (AvgIpc) is 3.10. The molecule has 3 rings (SSSR count). The molecular weight excluding hydrogens is 481 g/mol. The van der Waals surface area contributed by atoms with Gasteiger partial charge in [-0.25, -0.2) is 0 Å². The molecule has 0 spiro atoms. The molecular formula is C22H34IN3O3. The minimum atomic E-state index is -0.134. The molecule has 6 nitrogen and oxygen atoms in total. The predicted octanol–water partition coefficient (Wildman–Crippen LogP) is 3.40. The van der Waals surface area contributed by atoms with Crippen LogP contribution in [0, 0.1) is 24.7 Å². The molecule has 2 saturated heterocycles. The summed E-state index contributed by atoms with van der Waals surface area (Å²) in [4.78, 5) is 18.6. The molecule has 7 heteroatoms. The minimum absolute atomic E-state index is 0. The van der Waals surface area contributed by atoms with Crippen LogP contribution in [0.3, 0.4) is 0 Å². The number of aliphatic imine (C=N–C) groups is 1. The number of rotatable bonds is 4. The van der Waals surface area contributed by atoms with Crippen LogP contribution in [0.4, 0.5) is 0 Å². The zero-order chi connectivity index (χ0) is 20.1. The summed E-state index contributed by atoms with van der Waals surface area (Å²) >= 11 is 0. The van der Waals surface area contributed by atoms with Crippen molar-refractivity contribution in [2.45, 2.75) is 32.8 Å². The summed E-state index contributed by atoms with van der Waals surface area (Å²) in [6, 6.07) is 8.65. The van der Waals surface area contributed by atoms with Crippen LogP contribution in [0.25, 0.3) is 0 Å². The quantitative estimate of drug-likeness (QED) is 0.288. The fourth-order valence-corrected chi connectivity index (χ4v) is 4.33. The summed E-state index contributed by atoms with van der Waals surface area (Å²) in [5.41, 5.74) is 2.51. The van der Waals surface area contributed by atoms with Gasteiger partial charge in [0.25, 0.3) is 0 Å². The Balaban J connectivity index is 0.00000300. The van der Waals surface area contributed by atoms with Crippen molar-refractivity contribution in [3.05, 3.63) is 35.4 Å². The average molecular weight is 515 g/mol. The van der Waals surface area contributed by atoms with Gasteiger partial charge in [0.1, 0.15) is 0 Å². The van der Waals surface area contributed by atoms with E-state index < -0.39 is 0 Å². The van der Waals surface area contributed by atoms with E-state index in [4.69, 9.17) is 9.47 Å². The number of esters is 1. The van der Waals surface area contributed by atoms with Crippen LogP contribution >= 0.6 is 24.0 Å². The molecule has 1 aromatic rings. The third-order valence-corrected chi connectivity index (χ3v) is 6.00. The van der Waals surface area contributed by atoms with Crippen molar-refractivity contribution in [3.8, 4) is 0 Å². The number of hydrogen-bond donors (Lipinski definition) is 1. The third-order valence-electron chi connectivity index (χ3n) is 6.00. The highest BCUT2D eigenvalue weighted by atomic mass is 127. The highest BCUT2D eigenvalue weighted by Gasteiger charge is 2.37. The number of halogens is 1. The van der Waals surface area contributed by atoms with Crippen molar-refractivity contribution in [1.29, 1.82) is 0 Å². The second kappa shape index (κ2) is 11.2. The van der Waals surface area contributed by atoms with E-state index in [1.807, 2.05) is 0 Å². The van der Waals surface area contributed by atoms with Crippen molar-refractivity contribution in [2.75, 3.05) is 40.4 Å². The number of likely N-dealkylation sites (tertiary alicyclic amines) is 1. The molecule has 1 aromatic carbocycles. The highest BCUT2D eigenvalue weighted by Crippen LogP contribution is 2.33. The Morgan fingerprint density at radius 3 is 2.69 bits per heavy atom. The summed E-state index contributed by atoms with van der Waals surface area (Å²) in [5.74, 6) is 1.27. The Morgan fingerprint density at radius 2 is 2.03 bits per heavy atom. The van der Waals surface area contributed by atoms with Crippen LogP contribution in [-0.2, 0) is 14.3 Å². The summed E-state index contributed by atoms with van der Waals surface area (Å²) in [7, 11) is 3.26. The number of ether oxygens (including phenoxy) is 2. The highest BCUT2D eigenvalue weighted by molar-refractivity contribution is 14.0. The topological polar surface area (TPSA) is 63.2 Å². The molecule has 4 unspecified atom stereocenters. The Morgan fingerprint density at radius 1 is 1.31 bits per heavy atom. The SMILES string of the molecule is CN=C(NCC1CCCOC1c1ccc(C)cc1)N1CC(C)C(C(=O)OC)C1.I. The van der Waals surface area contributed by atoms with Gasteiger partial charge in [0.2, 0.25) is 0 Å². The first-order valence-corrected chi connectivity index (χ1v) is 10.2. The van der Waals surface area contributed by atoms with E-state index in [2.05, 4.69) is 53.3 Å². The molecule has 0 amide bonds. The van der Waals surface area contributed by atoms with Crippen molar-refractivity contribution in [2.24, 2.45) is 22.7 Å². The smallest absolute Gasteiger partial charge is 0.310 e. The summed E-state index contributed by atoms with van der Waals surface area (Å²) in [6.45, 7) is 7.27. The first-order valence-electron chi connectivity index (χ1n) is 10.2. The van der Waals surface area contributed by atoms with E-state index in [0.717, 1.165) is 38.5 Å². The van der Waals surface area contributed by atoms with Gasteiger partial charge < -0.3 is 19.7 Å². The molecule has 2 aliphatic heterocycles. The lowest BCUT2D eigenvalue weighted by molar-refractivity contribution is -0.145. The van der Waals surface area contributed by atoms with Crippen LogP contribution in [0.2, 0.25) is 0 Å². The van der Waals surface area contributed by atoms with E-state index in [-0.39, 0.29) is 47.9 Å². The van der Waals surface area contributed by atoms with Gasteiger partial charge in [0.05, 0.1) is 19.1 Å². The molecule has 0 saturated carbocycles. The van der Waals surface area contributed by atoms with Gasteiger partial charge in [-0.15, -0.1) is 24.0 Å². The number of carbonyl (C=O) groups is 1. The molecule has 0 aliphatic carbocycles. The van der Waals surface area contributed by atoms with E-state index in [1.54, 1.807) is 7.05 Å². The Kier molecular flexibility index (Phi) is 9.20. The Hall–Kier alpha value is -1.35. The lowest BCUT2D eigenvalue weighted by Gasteiger charge is -2.33. The molecule has 0 bridgehead atoms.